The Morgan fingerprint density at radius 1 is 1.57 bits per heavy atom. The Hall–Kier alpha value is -1.43. The van der Waals surface area contributed by atoms with Crippen LogP contribution in [0.25, 0.3) is 0 Å². The highest BCUT2D eigenvalue weighted by Crippen LogP contribution is 2.08. The van der Waals surface area contributed by atoms with Gasteiger partial charge in [0.05, 0.1) is 6.54 Å². The maximum absolute atomic E-state index is 10.6. The van der Waals surface area contributed by atoms with Crippen LogP contribution in [0.4, 0.5) is 0 Å². The molecule has 6 heteroatoms. The van der Waals surface area contributed by atoms with Crippen LogP contribution in [-0.2, 0) is 11.3 Å². The minimum absolute atomic E-state index is 0.102. The topological polar surface area (TPSA) is 88.2 Å². The summed E-state index contributed by atoms with van der Waals surface area (Å²) in [4.78, 5) is 14.6. The predicted molar refractivity (Wildman–Crippen MR) is 47.8 cm³/mol. The Bertz CT molecular complexity index is 357. The summed E-state index contributed by atoms with van der Waals surface area (Å²) < 4.78 is 1.38. The predicted octanol–water partition coefficient (Wildman–Crippen LogP) is -0.269. The van der Waals surface area contributed by atoms with Crippen molar-refractivity contribution in [1.82, 2.24) is 14.8 Å². The van der Waals surface area contributed by atoms with Gasteiger partial charge in [0, 0.05) is 0 Å². The zero-order valence-corrected chi connectivity index (χ0v) is 8.35. The number of nitrogens with zero attached hydrogens (tertiary/aromatic N) is 3. The van der Waals surface area contributed by atoms with Crippen molar-refractivity contribution >= 4 is 5.97 Å². The molecule has 14 heavy (non-hydrogen) atoms. The van der Waals surface area contributed by atoms with Gasteiger partial charge in [-0.25, -0.2) is 14.5 Å². The van der Waals surface area contributed by atoms with Crippen LogP contribution in [0, 0.1) is 13.8 Å². The Labute approximate surface area is 81.2 Å². The van der Waals surface area contributed by atoms with E-state index >= 15 is 0 Å². The third kappa shape index (κ3) is 2.08. The lowest BCUT2D eigenvalue weighted by molar-refractivity contribution is -0.158. The highest BCUT2D eigenvalue weighted by atomic mass is 16.4. The first-order valence-corrected chi connectivity index (χ1v) is 4.17. The quantitative estimate of drug-likeness (QED) is 0.699. The van der Waals surface area contributed by atoms with E-state index in [9.17, 15) is 9.90 Å². The van der Waals surface area contributed by atoms with Crippen LogP contribution < -0.4 is 0 Å². The van der Waals surface area contributed by atoms with Crippen LogP contribution in [0.1, 0.15) is 18.6 Å². The van der Waals surface area contributed by atoms with E-state index in [0.29, 0.717) is 11.6 Å². The maximum atomic E-state index is 10.6. The fourth-order valence-corrected chi connectivity index (χ4v) is 1.07. The fourth-order valence-electron chi connectivity index (χ4n) is 1.07. The van der Waals surface area contributed by atoms with E-state index in [1.54, 1.807) is 13.8 Å². The summed E-state index contributed by atoms with van der Waals surface area (Å²) >= 11 is 0. The van der Waals surface area contributed by atoms with Crippen LogP contribution in [0.15, 0.2) is 0 Å². The molecule has 1 heterocycles. The van der Waals surface area contributed by atoms with Crippen LogP contribution in [0.2, 0.25) is 0 Å². The van der Waals surface area contributed by atoms with Gasteiger partial charge in [0.2, 0.25) is 0 Å². The Balaban J connectivity index is 2.88. The van der Waals surface area contributed by atoms with E-state index in [0.717, 1.165) is 0 Å². The van der Waals surface area contributed by atoms with Crippen LogP contribution in [0.3, 0.4) is 0 Å². The van der Waals surface area contributed by atoms with E-state index in [1.165, 1.54) is 11.6 Å². The second kappa shape index (κ2) is 3.38. The number of hydrogen-bond donors (Lipinski definition) is 2. The third-order valence-corrected chi connectivity index (χ3v) is 1.88. The van der Waals surface area contributed by atoms with Gasteiger partial charge in [-0.05, 0) is 20.8 Å². The number of carboxylic acid groups (broad SMARTS) is 1. The number of rotatable bonds is 3. The van der Waals surface area contributed by atoms with Crippen molar-refractivity contribution < 1.29 is 15.0 Å². The molecule has 1 aromatic heterocycles. The first kappa shape index (κ1) is 10.6. The molecule has 0 amide bonds. The van der Waals surface area contributed by atoms with E-state index in [1.807, 2.05) is 0 Å². The maximum Gasteiger partial charge on any atom is 0.337 e. The van der Waals surface area contributed by atoms with Gasteiger partial charge in [0.15, 0.2) is 5.60 Å². The van der Waals surface area contributed by atoms with Crippen LogP contribution >= 0.6 is 0 Å². The lowest BCUT2D eigenvalue weighted by Gasteiger charge is -2.17. The SMILES string of the molecule is Cc1nc(C)n(CC(C)(O)C(=O)O)n1. The number of aryl methyl sites for hydroxylation is 2. The summed E-state index contributed by atoms with van der Waals surface area (Å²) in [5, 5.41) is 22.1. The summed E-state index contributed by atoms with van der Waals surface area (Å²) in [5.41, 5.74) is -1.81. The van der Waals surface area contributed by atoms with Crippen molar-refractivity contribution in [3.05, 3.63) is 11.6 Å². The molecule has 0 aliphatic carbocycles. The first-order chi connectivity index (χ1) is 6.33. The summed E-state index contributed by atoms with van der Waals surface area (Å²) in [6, 6.07) is 0. The summed E-state index contributed by atoms with van der Waals surface area (Å²) in [6.45, 7) is 4.54. The molecule has 6 nitrogen and oxygen atoms in total. The molecular formula is C8H13N3O3. The molecule has 1 unspecified atom stereocenters. The summed E-state index contributed by atoms with van der Waals surface area (Å²) in [7, 11) is 0. The van der Waals surface area contributed by atoms with Crippen LogP contribution in [-0.4, -0.2) is 36.5 Å². The molecule has 0 saturated carbocycles. The highest BCUT2D eigenvalue weighted by molar-refractivity contribution is 5.76. The highest BCUT2D eigenvalue weighted by Gasteiger charge is 2.31. The molecule has 78 valence electrons. The van der Waals surface area contributed by atoms with Gasteiger partial charge in [-0.15, -0.1) is 0 Å². The lowest BCUT2D eigenvalue weighted by Crippen LogP contribution is -2.40. The van der Waals surface area contributed by atoms with Crippen molar-refractivity contribution in [2.75, 3.05) is 0 Å². The van der Waals surface area contributed by atoms with Crippen molar-refractivity contribution in [2.24, 2.45) is 0 Å². The molecule has 0 fully saturated rings. The number of carboxylic acids is 1. The largest absolute Gasteiger partial charge is 0.479 e. The molecule has 0 spiro atoms. The van der Waals surface area contributed by atoms with Crippen molar-refractivity contribution in [3.63, 3.8) is 0 Å². The monoisotopic (exact) mass is 199 g/mol. The van der Waals surface area contributed by atoms with Gasteiger partial charge in [0.1, 0.15) is 11.6 Å². The van der Waals surface area contributed by atoms with Gasteiger partial charge in [0.25, 0.3) is 0 Å². The molecule has 0 aromatic carbocycles. The molecule has 0 aliphatic heterocycles. The average molecular weight is 199 g/mol. The minimum atomic E-state index is -1.81. The second-order valence-electron chi connectivity index (χ2n) is 3.44. The third-order valence-electron chi connectivity index (χ3n) is 1.88. The standard InChI is InChI=1S/C8H13N3O3/c1-5-9-6(2)11(10-5)4-8(3,14)7(12)13/h14H,4H2,1-3H3,(H,12,13). The molecule has 0 saturated heterocycles. The molecule has 0 aliphatic rings. The molecule has 1 aromatic rings. The van der Waals surface area contributed by atoms with E-state index in [4.69, 9.17) is 5.11 Å². The number of hydrogen-bond acceptors (Lipinski definition) is 4. The molecule has 1 atom stereocenters. The second-order valence-corrected chi connectivity index (χ2v) is 3.44. The molecule has 0 bridgehead atoms. The van der Waals surface area contributed by atoms with Crippen molar-refractivity contribution in [1.29, 1.82) is 0 Å². The minimum Gasteiger partial charge on any atom is -0.479 e. The Kier molecular flexibility index (Phi) is 2.57. The fraction of sp³-hybridized carbons (Fsp3) is 0.625. The summed E-state index contributed by atoms with van der Waals surface area (Å²) in [6.07, 6.45) is 0. The Morgan fingerprint density at radius 2 is 2.14 bits per heavy atom. The number of aliphatic hydroxyl groups is 1. The van der Waals surface area contributed by atoms with Crippen molar-refractivity contribution in [2.45, 2.75) is 32.9 Å². The zero-order chi connectivity index (χ0) is 10.9. The van der Waals surface area contributed by atoms with Gasteiger partial charge in [-0.1, -0.05) is 0 Å². The number of carbonyl (C=O) groups is 1. The van der Waals surface area contributed by atoms with Gasteiger partial charge in [-0.2, -0.15) is 5.10 Å². The number of aliphatic carboxylic acids is 1. The molecule has 0 radical (unpaired) electrons. The van der Waals surface area contributed by atoms with Gasteiger partial charge >= 0.3 is 5.97 Å². The lowest BCUT2D eigenvalue weighted by atomic mass is 10.1. The molecular weight excluding hydrogens is 186 g/mol. The Morgan fingerprint density at radius 3 is 2.50 bits per heavy atom. The van der Waals surface area contributed by atoms with E-state index in [2.05, 4.69) is 10.1 Å². The van der Waals surface area contributed by atoms with E-state index < -0.39 is 11.6 Å². The van der Waals surface area contributed by atoms with E-state index in [-0.39, 0.29) is 6.54 Å². The molecule has 1 rings (SSSR count). The number of aromatic nitrogens is 3. The normalized spacial score (nSPS) is 15.1. The van der Waals surface area contributed by atoms with Crippen molar-refractivity contribution in [3.8, 4) is 0 Å². The van der Waals surface area contributed by atoms with Gasteiger partial charge < -0.3 is 10.2 Å². The molecule has 2 N–H and O–H groups in total. The first-order valence-electron chi connectivity index (χ1n) is 4.17. The van der Waals surface area contributed by atoms with Gasteiger partial charge in [-0.3, -0.25) is 0 Å². The summed E-state index contributed by atoms with van der Waals surface area (Å²) in [5.74, 6) is -0.127. The zero-order valence-electron chi connectivity index (χ0n) is 8.35. The smallest absolute Gasteiger partial charge is 0.337 e. The van der Waals surface area contributed by atoms with Crippen LogP contribution in [0.5, 0.6) is 0 Å². The average Bonchev–Trinajstić information content (AvgIpc) is 2.29.